The fourth-order valence-electron chi connectivity index (χ4n) is 3.19. The van der Waals surface area contributed by atoms with Gasteiger partial charge in [0.05, 0.1) is 17.8 Å². The minimum absolute atomic E-state index is 0.155. The first-order valence-corrected chi connectivity index (χ1v) is 9.61. The Morgan fingerprint density at radius 2 is 1.67 bits per heavy atom. The van der Waals surface area contributed by atoms with Gasteiger partial charge in [-0.2, -0.15) is 0 Å². The number of hydrogen-bond acceptors (Lipinski definition) is 4. The highest BCUT2D eigenvalue weighted by Crippen LogP contribution is 2.14. The largest absolute Gasteiger partial charge is 0.347 e. The average Bonchev–Trinajstić information content (AvgIpc) is 3.17. The Balaban J connectivity index is 1.55. The van der Waals surface area contributed by atoms with Gasteiger partial charge in [0, 0.05) is 18.9 Å². The van der Waals surface area contributed by atoms with Gasteiger partial charge in [-0.15, -0.1) is 0 Å². The van der Waals surface area contributed by atoms with Gasteiger partial charge < -0.3 is 10.6 Å². The molecule has 150 valence electrons. The van der Waals surface area contributed by atoms with E-state index in [4.69, 9.17) is 0 Å². The Labute approximate surface area is 173 Å². The molecule has 3 aromatic heterocycles. The van der Waals surface area contributed by atoms with E-state index in [1.807, 2.05) is 55.5 Å². The maximum Gasteiger partial charge on any atom is 0.288 e. The van der Waals surface area contributed by atoms with Gasteiger partial charge in [-0.05, 0) is 42.3 Å². The highest BCUT2D eigenvalue weighted by atomic mass is 16.2. The first-order valence-electron chi connectivity index (χ1n) is 9.61. The van der Waals surface area contributed by atoms with Crippen LogP contribution in [0.5, 0.6) is 0 Å². The van der Waals surface area contributed by atoms with Crippen molar-refractivity contribution >= 4 is 17.3 Å². The van der Waals surface area contributed by atoms with Crippen molar-refractivity contribution in [2.24, 2.45) is 0 Å². The number of benzene rings is 1. The average molecular weight is 399 g/mol. The van der Waals surface area contributed by atoms with Crippen LogP contribution in [0.4, 0.5) is 0 Å². The monoisotopic (exact) mass is 399 g/mol. The van der Waals surface area contributed by atoms with E-state index in [0.717, 1.165) is 16.8 Å². The first kappa shape index (κ1) is 19.3. The second kappa shape index (κ2) is 8.57. The van der Waals surface area contributed by atoms with Crippen LogP contribution in [0.1, 0.15) is 37.9 Å². The SMILES string of the molecule is Cc1ccccc1CNC(=O)c1nc(C(=O)NCc2ccccn2)n2ccccc12. The molecular formula is C23H21N5O2. The summed E-state index contributed by atoms with van der Waals surface area (Å²) < 4.78 is 1.62. The number of hydrogen-bond donors (Lipinski definition) is 2. The molecule has 2 N–H and O–H groups in total. The zero-order valence-corrected chi connectivity index (χ0v) is 16.5. The Morgan fingerprint density at radius 3 is 2.47 bits per heavy atom. The molecule has 0 saturated carbocycles. The van der Waals surface area contributed by atoms with Gasteiger partial charge >= 0.3 is 0 Å². The third-order valence-electron chi connectivity index (χ3n) is 4.82. The van der Waals surface area contributed by atoms with Crippen LogP contribution in [0, 0.1) is 6.92 Å². The first-order chi connectivity index (χ1) is 14.6. The quantitative estimate of drug-likeness (QED) is 0.522. The molecule has 0 saturated heterocycles. The van der Waals surface area contributed by atoms with Crippen LogP contribution in [0.3, 0.4) is 0 Å². The number of aryl methyl sites for hydroxylation is 1. The topological polar surface area (TPSA) is 88.4 Å². The fourth-order valence-corrected chi connectivity index (χ4v) is 3.19. The molecule has 0 fully saturated rings. The van der Waals surface area contributed by atoms with E-state index in [9.17, 15) is 9.59 Å². The number of carbonyl (C=O) groups excluding carboxylic acids is 2. The number of pyridine rings is 2. The third-order valence-corrected chi connectivity index (χ3v) is 4.82. The highest BCUT2D eigenvalue weighted by molar-refractivity contribution is 6.02. The summed E-state index contributed by atoms with van der Waals surface area (Å²) in [6.45, 7) is 2.66. The smallest absolute Gasteiger partial charge is 0.288 e. The molecule has 0 bridgehead atoms. The van der Waals surface area contributed by atoms with E-state index in [1.165, 1.54) is 0 Å². The van der Waals surface area contributed by atoms with Crippen LogP contribution in [0.25, 0.3) is 5.52 Å². The zero-order chi connectivity index (χ0) is 20.9. The van der Waals surface area contributed by atoms with Crippen LogP contribution in [0.2, 0.25) is 0 Å². The standard InChI is InChI=1S/C23H21N5O2/c1-16-8-2-3-9-17(16)14-25-22(29)20-19-11-5-7-13-28(19)21(27-20)23(30)26-15-18-10-4-6-12-24-18/h2-13H,14-15H2,1H3,(H,25,29)(H,26,30). The van der Waals surface area contributed by atoms with Crippen molar-refractivity contribution in [1.82, 2.24) is 25.0 Å². The van der Waals surface area contributed by atoms with Gasteiger partial charge in [0.1, 0.15) is 0 Å². The lowest BCUT2D eigenvalue weighted by Gasteiger charge is -2.06. The second-order valence-electron chi connectivity index (χ2n) is 6.85. The molecule has 0 atom stereocenters. The van der Waals surface area contributed by atoms with Crippen molar-refractivity contribution in [2.45, 2.75) is 20.0 Å². The number of aromatic nitrogens is 3. The lowest BCUT2D eigenvalue weighted by Crippen LogP contribution is -2.26. The van der Waals surface area contributed by atoms with E-state index in [0.29, 0.717) is 12.1 Å². The van der Waals surface area contributed by atoms with Gasteiger partial charge in [-0.25, -0.2) is 4.98 Å². The molecule has 3 heterocycles. The van der Waals surface area contributed by atoms with Gasteiger partial charge in [0.2, 0.25) is 5.82 Å². The van der Waals surface area contributed by atoms with E-state index < -0.39 is 0 Å². The van der Waals surface area contributed by atoms with E-state index in [2.05, 4.69) is 20.6 Å². The lowest BCUT2D eigenvalue weighted by molar-refractivity contribution is 0.0939. The van der Waals surface area contributed by atoms with Gasteiger partial charge in [0.15, 0.2) is 5.69 Å². The molecule has 7 nitrogen and oxygen atoms in total. The summed E-state index contributed by atoms with van der Waals surface area (Å²) >= 11 is 0. The molecular weight excluding hydrogens is 378 g/mol. The van der Waals surface area contributed by atoms with Crippen LogP contribution < -0.4 is 10.6 Å². The Bertz CT molecular complexity index is 1200. The van der Waals surface area contributed by atoms with Gasteiger partial charge in [-0.1, -0.05) is 36.4 Å². The molecule has 7 heteroatoms. The zero-order valence-electron chi connectivity index (χ0n) is 16.5. The van der Waals surface area contributed by atoms with Crippen LogP contribution in [-0.4, -0.2) is 26.2 Å². The Morgan fingerprint density at radius 1 is 0.900 bits per heavy atom. The minimum Gasteiger partial charge on any atom is -0.347 e. The molecule has 0 radical (unpaired) electrons. The number of carbonyl (C=O) groups is 2. The molecule has 0 aliphatic carbocycles. The van der Waals surface area contributed by atoms with Crippen LogP contribution in [0.15, 0.2) is 73.1 Å². The predicted molar refractivity (Wildman–Crippen MR) is 113 cm³/mol. The highest BCUT2D eigenvalue weighted by Gasteiger charge is 2.21. The van der Waals surface area contributed by atoms with Crippen molar-refractivity contribution in [3.63, 3.8) is 0 Å². The summed E-state index contributed by atoms with van der Waals surface area (Å²) in [5, 5.41) is 5.71. The summed E-state index contributed by atoms with van der Waals surface area (Å²) in [6, 6.07) is 18.7. The summed E-state index contributed by atoms with van der Waals surface area (Å²) in [7, 11) is 0. The van der Waals surface area contributed by atoms with Gasteiger partial charge in [-0.3, -0.25) is 19.0 Å². The third kappa shape index (κ3) is 4.05. The van der Waals surface area contributed by atoms with Crippen molar-refractivity contribution in [2.75, 3.05) is 0 Å². The summed E-state index contributed by atoms with van der Waals surface area (Å²) in [6.07, 6.45) is 3.39. The predicted octanol–water partition coefficient (Wildman–Crippen LogP) is 2.90. The van der Waals surface area contributed by atoms with E-state index >= 15 is 0 Å². The lowest BCUT2D eigenvalue weighted by atomic mass is 10.1. The van der Waals surface area contributed by atoms with Crippen molar-refractivity contribution < 1.29 is 9.59 Å². The maximum absolute atomic E-state index is 12.8. The minimum atomic E-state index is -0.375. The molecule has 30 heavy (non-hydrogen) atoms. The summed E-state index contributed by atoms with van der Waals surface area (Å²) in [4.78, 5) is 34.1. The molecule has 0 aliphatic rings. The van der Waals surface area contributed by atoms with Crippen LogP contribution >= 0.6 is 0 Å². The normalized spacial score (nSPS) is 10.7. The van der Waals surface area contributed by atoms with Crippen LogP contribution in [-0.2, 0) is 13.1 Å². The molecule has 0 aliphatic heterocycles. The molecule has 2 amide bonds. The number of rotatable bonds is 6. The number of amides is 2. The fraction of sp³-hybridized carbons (Fsp3) is 0.130. The second-order valence-corrected chi connectivity index (χ2v) is 6.85. The molecule has 0 unspecified atom stereocenters. The molecule has 4 rings (SSSR count). The molecule has 0 spiro atoms. The molecule has 4 aromatic rings. The van der Waals surface area contributed by atoms with Crippen molar-refractivity contribution in [3.8, 4) is 0 Å². The number of imidazole rings is 1. The number of nitrogens with zero attached hydrogens (tertiary/aromatic N) is 3. The van der Waals surface area contributed by atoms with Crippen molar-refractivity contribution in [3.05, 3.63) is 101 Å². The van der Waals surface area contributed by atoms with E-state index in [1.54, 1.807) is 28.9 Å². The Hall–Kier alpha value is -4.00. The van der Waals surface area contributed by atoms with E-state index in [-0.39, 0.29) is 29.9 Å². The molecule has 1 aromatic carbocycles. The number of nitrogens with one attached hydrogen (secondary N) is 2. The maximum atomic E-state index is 12.8. The van der Waals surface area contributed by atoms with Crippen molar-refractivity contribution in [1.29, 1.82) is 0 Å². The van der Waals surface area contributed by atoms with Gasteiger partial charge in [0.25, 0.3) is 11.8 Å². The Kier molecular flexibility index (Phi) is 5.52. The number of fused-ring (bicyclic) bond motifs is 1. The summed E-state index contributed by atoms with van der Waals surface area (Å²) in [5.41, 5.74) is 3.66. The summed E-state index contributed by atoms with van der Waals surface area (Å²) in [5.74, 6) is -0.548.